The van der Waals surface area contributed by atoms with Gasteiger partial charge in [0.2, 0.25) is 0 Å². The molecule has 5 aromatic rings. The molecule has 0 bridgehead atoms. The molecular formula is C37H36ClF3N10O3S. The van der Waals surface area contributed by atoms with Crippen LogP contribution in [-0.4, -0.2) is 111 Å². The number of rotatable bonds is 5. The van der Waals surface area contributed by atoms with Crippen LogP contribution in [0.2, 0.25) is 5.02 Å². The number of ether oxygens (including phenoxy) is 2. The number of hydrogen-bond donors (Lipinski definition) is 1. The molecular weight excluding hydrogens is 757 g/mol. The van der Waals surface area contributed by atoms with E-state index in [-0.39, 0.29) is 61.0 Å². The fourth-order valence-electron chi connectivity index (χ4n) is 8.97. The Bertz CT molecular complexity index is 2450. The zero-order valence-electron chi connectivity index (χ0n) is 30.0. The highest BCUT2D eigenvalue weighted by atomic mass is 35.5. The third-order valence-electron chi connectivity index (χ3n) is 11.4. The third kappa shape index (κ3) is 5.83. The maximum Gasteiger partial charge on any atom is 0.346 e. The fraction of sp³-hybridized carbons (Fsp3) is 0.459. The SMILES string of the molecule is Cc1nc(C)n(C(=O)N2CC3(COCCN(c4nc(OC[C@@]56CCCN5C[C@H](F)C6)nc5c(F)c(-c6ccc(F)c7sc(N)c(C#N)c67)c(Cl)cc45)C3)C2)n1. The van der Waals surface area contributed by atoms with Gasteiger partial charge < -0.3 is 25.0 Å². The molecule has 4 saturated heterocycles. The Kier molecular flexibility index (Phi) is 8.61. The molecule has 2 atom stereocenters. The van der Waals surface area contributed by atoms with E-state index in [4.69, 9.17) is 31.8 Å². The van der Waals surface area contributed by atoms with Gasteiger partial charge in [-0.2, -0.15) is 19.9 Å². The first-order valence-electron chi connectivity index (χ1n) is 18.0. The Morgan fingerprint density at radius 3 is 2.78 bits per heavy atom. The second-order valence-corrected chi connectivity index (χ2v) is 16.6. The second kappa shape index (κ2) is 13.2. The zero-order valence-corrected chi connectivity index (χ0v) is 31.6. The number of hydrogen-bond acceptors (Lipinski definition) is 12. The van der Waals surface area contributed by atoms with Gasteiger partial charge in [0.1, 0.15) is 52.6 Å². The largest absolute Gasteiger partial charge is 0.461 e. The van der Waals surface area contributed by atoms with Gasteiger partial charge in [-0.3, -0.25) is 4.90 Å². The van der Waals surface area contributed by atoms with E-state index in [1.54, 1.807) is 24.8 Å². The van der Waals surface area contributed by atoms with Gasteiger partial charge in [-0.1, -0.05) is 17.7 Å². The van der Waals surface area contributed by atoms with Gasteiger partial charge in [-0.05, 0) is 50.9 Å². The molecule has 2 aromatic carbocycles. The van der Waals surface area contributed by atoms with E-state index >= 15 is 8.78 Å². The number of nitrogen functional groups attached to an aromatic ring is 1. The van der Waals surface area contributed by atoms with Gasteiger partial charge in [-0.25, -0.2) is 22.9 Å². The molecule has 1 amide bonds. The van der Waals surface area contributed by atoms with Crippen molar-refractivity contribution in [3.8, 4) is 23.2 Å². The van der Waals surface area contributed by atoms with Gasteiger partial charge >= 0.3 is 12.0 Å². The van der Waals surface area contributed by atoms with Gasteiger partial charge in [-0.15, -0.1) is 16.4 Å². The molecule has 4 aliphatic heterocycles. The van der Waals surface area contributed by atoms with E-state index in [9.17, 15) is 14.4 Å². The predicted molar refractivity (Wildman–Crippen MR) is 200 cm³/mol. The van der Waals surface area contributed by atoms with Crippen molar-refractivity contribution in [1.29, 1.82) is 5.26 Å². The summed E-state index contributed by atoms with van der Waals surface area (Å²) in [6.45, 7) is 6.90. The molecule has 4 aliphatic rings. The summed E-state index contributed by atoms with van der Waals surface area (Å²) in [5, 5.41) is 14.7. The Hall–Kier alpha value is -4.76. The predicted octanol–water partition coefficient (Wildman–Crippen LogP) is 5.87. The van der Waals surface area contributed by atoms with Crippen LogP contribution in [0.15, 0.2) is 18.2 Å². The number of nitrogens with zero attached hydrogens (tertiary/aromatic N) is 9. The summed E-state index contributed by atoms with van der Waals surface area (Å²) in [6.07, 6.45) is 1.01. The summed E-state index contributed by atoms with van der Waals surface area (Å²) in [7, 11) is 0. The minimum Gasteiger partial charge on any atom is -0.461 e. The standard InChI is InChI=1S/C37H36ClF3N10O3S/c1-19-44-20(2)51(47-19)35(52)49-15-36(16-49)14-48(8-9-53-17-36)33-23-10-25(38)28(22-4-5-26(40)31-27(22)24(12-42)32(43)55-31)29(41)30(23)45-34(46-33)54-18-37-6-3-7-50(37)13-21(39)11-37/h4-5,10,21H,3,6-9,11,13-18,43H2,1-2H3/t21-,37+/m1/s1. The van der Waals surface area contributed by atoms with Crippen molar-refractivity contribution in [3.63, 3.8) is 0 Å². The van der Waals surface area contributed by atoms with Gasteiger partial charge in [0, 0.05) is 60.9 Å². The molecule has 1 spiro atoms. The summed E-state index contributed by atoms with van der Waals surface area (Å²) in [5.74, 6) is -0.0746. The minimum absolute atomic E-state index is 0.00906. The van der Waals surface area contributed by atoms with Gasteiger partial charge in [0.15, 0.2) is 5.82 Å². The minimum atomic E-state index is -0.976. The lowest BCUT2D eigenvalue weighted by atomic mass is 9.80. The highest BCUT2D eigenvalue weighted by molar-refractivity contribution is 7.23. The van der Waals surface area contributed by atoms with Crippen molar-refractivity contribution < 1.29 is 27.4 Å². The molecule has 286 valence electrons. The Balaban J connectivity index is 1.13. The first kappa shape index (κ1) is 35.9. The van der Waals surface area contributed by atoms with Crippen LogP contribution in [0.4, 0.5) is 28.8 Å². The molecule has 0 saturated carbocycles. The number of aryl methyl sites for hydroxylation is 2. The van der Waals surface area contributed by atoms with Crippen molar-refractivity contribution in [2.45, 2.75) is 44.8 Å². The Morgan fingerprint density at radius 1 is 1.20 bits per heavy atom. The summed E-state index contributed by atoms with van der Waals surface area (Å²) >= 11 is 7.84. The molecule has 3 aromatic heterocycles. The highest BCUT2D eigenvalue weighted by Gasteiger charge is 2.50. The Morgan fingerprint density at radius 2 is 2.02 bits per heavy atom. The monoisotopic (exact) mass is 792 g/mol. The van der Waals surface area contributed by atoms with Crippen molar-refractivity contribution in [2.24, 2.45) is 5.41 Å². The van der Waals surface area contributed by atoms with Crippen LogP contribution < -0.4 is 15.4 Å². The average molecular weight is 793 g/mol. The van der Waals surface area contributed by atoms with Gasteiger partial charge in [0.25, 0.3) is 0 Å². The van der Waals surface area contributed by atoms with Crippen molar-refractivity contribution in [2.75, 3.05) is 69.7 Å². The summed E-state index contributed by atoms with van der Waals surface area (Å²) in [4.78, 5) is 32.8. The third-order valence-corrected chi connectivity index (χ3v) is 12.7. The van der Waals surface area contributed by atoms with Crippen LogP contribution in [-0.2, 0) is 4.74 Å². The normalized spacial score (nSPS) is 22.3. The molecule has 55 heavy (non-hydrogen) atoms. The van der Waals surface area contributed by atoms with E-state index in [0.29, 0.717) is 75.2 Å². The molecule has 18 heteroatoms. The molecule has 2 N–H and O–H groups in total. The van der Waals surface area contributed by atoms with Crippen LogP contribution in [0.3, 0.4) is 0 Å². The number of anilines is 2. The number of alkyl halides is 1. The zero-order chi connectivity index (χ0) is 38.4. The molecule has 4 fully saturated rings. The lowest BCUT2D eigenvalue weighted by Crippen LogP contribution is -2.64. The number of carbonyl (C=O) groups excluding carboxylic acids is 1. The van der Waals surface area contributed by atoms with Crippen LogP contribution in [0.5, 0.6) is 6.01 Å². The molecule has 7 heterocycles. The quantitative estimate of drug-likeness (QED) is 0.228. The maximum absolute atomic E-state index is 17.3. The number of thiophene rings is 1. The molecule has 0 radical (unpaired) electrons. The number of carbonyl (C=O) groups is 1. The lowest BCUT2D eigenvalue weighted by Gasteiger charge is -2.50. The number of amides is 1. The van der Waals surface area contributed by atoms with Crippen molar-refractivity contribution in [3.05, 3.63) is 52.1 Å². The van der Waals surface area contributed by atoms with Crippen LogP contribution in [0, 0.1) is 42.2 Å². The number of benzene rings is 2. The fourth-order valence-corrected chi connectivity index (χ4v) is 10.2. The second-order valence-electron chi connectivity index (χ2n) is 15.1. The van der Waals surface area contributed by atoms with E-state index in [1.807, 2.05) is 11.0 Å². The van der Waals surface area contributed by atoms with Crippen LogP contribution >= 0.6 is 22.9 Å². The summed E-state index contributed by atoms with van der Waals surface area (Å²) in [6, 6.07) is 5.79. The van der Waals surface area contributed by atoms with E-state index in [1.165, 1.54) is 16.8 Å². The van der Waals surface area contributed by atoms with Crippen LogP contribution in [0.25, 0.3) is 32.1 Å². The van der Waals surface area contributed by atoms with Crippen molar-refractivity contribution in [1.82, 2.24) is 34.5 Å². The van der Waals surface area contributed by atoms with E-state index in [2.05, 4.69) is 20.0 Å². The first-order valence-corrected chi connectivity index (χ1v) is 19.2. The number of aromatic nitrogens is 5. The molecule has 0 unspecified atom stereocenters. The van der Waals surface area contributed by atoms with E-state index < -0.39 is 28.8 Å². The molecule has 9 rings (SSSR count). The van der Waals surface area contributed by atoms with E-state index in [0.717, 1.165) is 30.7 Å². The van der Waals surface area contributed by atoms with Crippen molar-refractivity contribution >= 4 is 60.8 Å². The number of nitriles is 1. The first-order chi connectivity index (χ1) is 26.4. The smallest absolute Gasteiger partial charge is 0.346 e. The molecule has 13 nitrogen and oxygen atoms in total. The number of halogens is 4. The molecule has 0 aliphatic carbocycles. The average Bonchev–Trinajstić information content (AvgIpc) is 3.82. The summed E-state index contributed by atoms with van der Waals surface area (Å²) in [5.41, 5.74) is 5.14. The number of fused-ring (bicyclic) bond motifs is 3. The highest BCUT2D eigenvalue weighted by Crippen LogP contribution is 2.47. The topological polar surface area (TPSA) is 152 Å². The Labute approximate surface area is 322 Å². The lowest BCUT2D eigenvalue weighted by molar-refractivity contribution is -0.0262. The maximum atomic E-state index is 17.3. The van der Waals surface area contributed by atoms with Crippen LogP contribution in [0.1, 0.15) is 36.5 Å². The number of nitrogens with two attached hydrogens (primary N) is 1. The summed E-state index contributed by atoms with van der Waals surface area (Å²) < 4.78 is 60.8. The van der Waals surface area contributed by atoms with Gasteiger partial charge in [0.05, 0.1) is 34.0 Å². The number of likely N-dealkylation sites (tertiary alicyclic amines) is 1.